The van der Waals surface area contributed by atoms with Crippen LogP contribution in [0, 0.1) is 10.1 Å². The fourth-order valence-corrected chi connectivity index (χ4v) is 4.39. The molecule has 0 aliphatic heterocycles. The predicted molar refractivity (Wildman–Crippen MR) is 108 cm³/mol. The highest BCUT2D eigenvalue weighted by molar-refractivity contribution is 6.74. The molecule has 2 rings (SSSR count). The number of nitrogens with zero attached hydrogens (tertiary/aromatic N) is 1. The molecule has 1 aliphatic carbocycles. The van der Waals surface area contributed by atoms with Crippen LogP contribution in [0.4, 0.5) is 5.69 Å². The summed E-state index contributed by atoms with van der Waals surface area (Å²) in [5, 5.41) is 11.6. The number of hydrogen-bond acceptors (Lipinski definition) is 4. The molecule has 5 nitrogen and oxygen atoms in total. The van der Waals surface area contributed by atoms with Crippen molar-refractivity contribution in [2.24, 2.45) is 0 Å². The van der Waals surface area contributed by atoms with Gasteiger partial charge in [-0.15, -0.1) is 0 Å². The molecule has 1 aromatic rings. The molecule has 144 valence electrons. The van der Waals surface area contributed by atoms with Gasteiger partial charge < -0.3 is 9.16 Å². The van der Waals surface area contributed by atoms with Gasteiger partial charge in [-0.3, -0.25) is 10.1 Å². The van der Waals surface area contributed by atoms with Gasteiger partial charge in [-0.25, -0.2) is 0 Å². The summed E-state index contributed by atoms with van der Waals surface area (Å²) in [6.45, 7) is 11.4. The Bertz CT molecular complexity index is 682. The van der Waals surface area contributed by atoms with Crippen LogP contribution in [-0.2, 0) is 4.43 Å². The van der Waals surface area contributed by atoms with E-state index in [4.69, 9.17) is 9.16 Å². The molecule has 1 fully saturated rings. The molecule has 0 saturated heterocycles. The molecule has 26 heavy (non-hydrogen) atoms. The third-order valence-corrected chi connectivity index (χ3v) is 10.2. The van der Waals surface area contributed by atoms with Crippen molar-refractivity contribution >= 4 is 20.1 Å². The van der Waals surface area contributed by atoms with E-state index in [0.29, 0.717) is 17.4 Å². The smallest absolute Gasteiger partial charge is 0.280 e. The van der Waals surface area contributed by atoms with Crippen LogP contribution in [0.25, 0.3) is 6.08 Å². The van der Waals surface area contributed by atoms with Gasteiger partial charge in [0.25, 0.3) is 5.69 Å². The molecule has 1 aliphatic rings. The van der Waals surface area contributed by atoms with Crippen LogP contribution in [0.3, 0.4) is 0 Å². The van der Waals surface area contributed by atoms with Crippen LogP contribution in [0.2, 0.25) is 18.1 Å². The van der Waals surface area contributed by atoms with Crippen molar-refractivity contribution < 1.29 is 14.1 Å². The number of nitro groups is 1. The van der Waals surface area contributed by atoms with Gasteiger partial charge in [-0.1, -0.05) is 26.3 Å². The largest absolute Gasteiger partial charge is 0.497 e. The summed E-state index contributed by atoms with van der Waals surface area (Å²) in [6.07, 6.45) is 6.12. The van der Waals surface area contributed by atoms with E-state index in [0.717, 1.165) is 25.7 Å². The van der Waals surface area contributed by atoms with Crippen LogP contribution >= 0.6 is 0 Å². The summed E-state index contributed by atoms with van der Waals surface area (Å²) in [5.74, 6) is 0.505. The highest BCUT2D eigenvalue weighted by Crippen LogP contribution is 2.40. The summed E-state index contributed by atoms with van der Waals surface area (Å²) >= 11 is 0. The van der Waals surface area contributed by atoms with Crippen molar-refractivity contribution in [3.05, 3.63) is 39.4 Å². The van der Waals surface area contributed by atoms with Crippen LogP contribution in [-0.4, -0.2) is 26.5 Å². The zero-order valence-corrected chi connectivity index (χ0v) is 17.8. The fourth-order valence-electron chi connectivity index (χ4n) is 2.97. The molecule has 0 radical (unpaired) electrons. The molecule has 0 bridgehead atoms. The van der Waals surface area contributed by atoms with Gasteiger partial charge in [-0.2, -0.15) is 0 Å². The van der Waals surface area contributed by atoms with E-state index < -0.39 is 8.32 Å². The van der Waals surface area contributed by atoms with Gasteiger partial charge in [0.15, 0.2) is 8.32 Å². The molecular weight excluding hydrogens is 346 g/mol. The summed E-state index contributed by atoms with van der Waals surface area (Å²) in [5.41, 5.74) is 2.00. The van der Waals surface area contributed by atoms with Crippen LogP contribution in [0.1, 0.15) is 52.0 Å². The van der Waals surface area contributed by atoms with Crippen molar-refractivity contribution in [3.63, 3.8) is 0 Å². The van der Waals surface area contributed by atoms with Gasteiger partial charge in [0.2, 0.25) is 0 Å². The van der Waals surface area contributed by atoms with Crippen molar-refractivity contribution in [2.75, 3.05) is 7.11 Å². The Morgan fingerprint density at radius 1 is 1.23 bits per heavy atom. The summed E-state index contributed by atoms with van der Waals surface area (Å²) in [4.78, 5) is 11.0. The molecule has 0 atom stereocenters. The average Bonchev–Trinajstić information content (AvgIpc) is 2.55. The monoisotopic (exact) mass is 377 g/mol. The zero-order chi connectivity index (χ0) is 19.5. The normalized spacial score (nSPS) is 18.5. The lowest BCUT2D eigenvalue weighted by Crippen LogP contribution is -2.44. The van der Waals surface area contributed by atoms with E-state index in [1.807, 2.05) is 6.08 Å². The predicted octanol–water partition coefficient (Wildman–Crippen LogP) is 5.95. The highest BCUT2D eigenvalue weighted by atomic mass is 28.4. The van der Waals surface area contributed by atoms with Gasteiger partial charge >= 0.3 is 0 Å². The van der Waals surface area contributed by atoms with E-state index in [1.54, 1.807) is 12.1 Å². The number of nitro benzene ring substituents is 1. The first-order valence-electron chi connectivity index (χ1n) is 9.23. The molecule has 1 saturated carbocycles. The number of allylic oxidation sites excluding steroid dienone is 1. The SMILES string of the molecule is COc1ccc(C=C2CCC(O[Si](C)(C)C(C)(C)C)CC2)c([N+](=O)[O-])c1. The molecule has 1 aromatic carbocycles. The third-order valence-electron chi connectivity index (χ3n) is 5.64. The minimum absolute atomic E-state index is 0.0940. The average molecular weight is 378 g/mol. The second-order valence-corrected chi connectivity index (χ2v) is 13.3. The third kappa shape index (κ3) is 4.95. The number of rotatable bonds is 5. The first-order chi connectivity index (χ1) is 12.0. The Morgan fingerprint density at radius 2 is 1.85 bits per heavy atom. The van der Waals surface area contributed by atoms with E-state index >= 15 is 0 Å². The lowest BCUT2D eigenvalue weighted by atomic mass is 9.91. The van der Waals surface area contributed by atoms with E-state index in [9.17, 15) is 10.1 Å². The summed E-state index contributed by atoms with van der Waals surface area (Å²) in [7, 11) is -0.231. The van der Waals surface area contributed by atoms with Gasteiger partial charge in [0, 0.05) is 6.10 Å². The minimum atomic E-state index is -1.75. The number of methoxy groups -OCH3 is 1. The molecule has 0 amide bonds. The molecule has 0 aromatic heterocycles. The Kier molecular flexibility index (Phi) is 6.29. The van der Waals surface area contributed by atoms with Crippen molar-refractivity contribution in [1.82, 2.24) is 0 Å². The minimum Gasteiger partial charge on any atom is -0.497 e. The summed E-state index contributed by atoms with van der Waals surface area (Å²) in [6, 6.07) is 5.02. The first kappa shape index (κ1) is 20.6. The standard InChI is InChI=1S/C20H31NO4Si/c1-20(2,3)26(5,6)25-17-10-7-15(8-11-17)13-16-9-12-18(24-4)14-19(16)21(22)23/h9,12-14,17H,7-8,10-11H2,1-6H3. The lowest BCUT2D eigenvalue weighted by Gasteiger charge is -2.40. The Morgan fingerprint density at radius 3 is 2.35 bits per heavy atom. The maximum atomic E-state index is 11.3. The van der Waals surface area contributed by atoms with Crippen LogP contribution in [0.15, 0.2) is 23.8 Å². The van der Waals surface area contributed by atoms with Crippen LogP contribution < -0.4 is 4.74 Å². The second-order valence-electron chi connectivity index (χ2n) is 8.56. The number of ether oxygens (including phenoxy) is 1. The van der Waals surface area contributed by atoms with Crippen molar-refractivity contribution in [1.29, 1.82) is 0 Å². The topological polar surface area (TPSA) is 61.6 Å². The van der Waals surface area contributed by atoms with E-state index in [1.165, 1.54) is 18.7 Å². The van der Waals surface area contributed by atoms with E-state index in [-0.39, 0.29) is 15.6 Å². The maximum Gasteiger partial charge on any atom is 0.280 e. The second kappa shape index (κ2) is 7.92. The Hall–Kier alpha value is -1.66. The Balaban J connectivity index is 2.07. The molecule has 0 spiro atoms. The number of benzene rings is 1. The lowest BCUT2D eigenvalue weighted by molar-refractivity contribution is -0.385. The molecule has 6 heteroatoms. The van der Waals surface area contributed by atoms with Gasteiger partial charge in [-0.05, 0) is 62.0 Å². The highest BCUT2D eigenvalue weighted by Gasteiger charge is 2.39. The van der Waals surface area contributed by atoms with Crippen molar-refractivity contribution in [3.8, 4) is 5.75 Å². The van der Waals surface area contributed by atoms with Crippen LogP contribution in [0.5, 0.6) is 5.75 Å². The van der Waals surface area contributed by atoms with Gasteiger partial charge in [0.1, 0.15) is 5.75 Å². The van der Waals surface area contributed by atoms with Crippen molar-refractivity contribution in [2.45, 2.75) is 70.7 Å². The van der Waals surface area contributed by atoms with Gasteiger partial charge in [0.05, 0.1) is 23.7 Å². The van der Waals surface area contributed by atoms with E-state index in [2.05, 4.69) is 33.9 Å². The molecule has 0 N–H and O–H groups in total. The fraction of sp³-hybridized carbons (Fsp3) is 0.600. The first-order valence-corrected chi connectivity index (χ1v) is 12.1. The quantitative estimate of drug-likeness (QED) is 0.361. The summed E-state index contributed by atoms with van der Waals surface area (Å²) < 4.78 is 11.6. The molecular formula is C20H31NO4Si. The molecule has 0 heterocycles. The molecule has 0 unspecified atom stereocenters. The Labute approximate surface area is 157 Å². The number of hydrogen-bond donors (Lipinski definition) is 0. The maximum absolute atomic E-state index is 11.3. The zero-order valence-electron chi connectivity index (χ0n) is 16.8.